The van der Waals surface area contributed by atoms with E-state index in [1.54, 1.807) is 6.07 Å². The summed E-state index contributed by atoms with van der Waals surface area (Å²) in [4.78, 5) is 26.2. The fourth-order valence-corrected chi connectivity index (χ4v) is 1.42. The Balaban J connectivity index is 2.53. The van der Waals surface area contributed by atoms with E-state index < -0.39 is 23.9 Å². The Bertz CT molecular complexity index is 625. The van der Waals surface area contributed by atoms with Gasteiger partial charge in [0.1, 0.15) is 0 Å². The van der Waals surface area contributed by atoms with Gasteiger partial charge in [0.05, 0.1) is 6.54 Å². The van der Waals surface area contributed by atoms with E-state index in [1.807, 2.05) is 0 Å². The number of hydrogen-bond acceptors (Lipinski definition) is 5. The first-order chi connectivity index (χ1) is 7.92. The van der Waals surface area contributed by atoms with Crippen molar-refractivity contribution in [2.45, 2.75) is 19.1 Å². The molecule has 90 valence electrons. The van der Waals surface area contributed by atoms with Gasteiger partial charge in [0.15, 0.2) is 16.8 Å². The van der Waals surface area contributed by atoms with Crippen molar-refractivity contribution in [3.8, 4) is 0 Å². The van der Waals surface area contributed by atoms with Crippen molar-refractivity contribution in [2.24, 2.45) is 0 Å². The van der Waals surface area contributed by atoms with Gasteiger partial charge in [0.2, 0.25) is 0 Å². The van der Waals surface area contributed by atoms with Gasteiger partial charge in [0.25, 0.3) is 0 Å². The Morgan fingerprint density at radius 2 is 2.35 bits per heavy atom. The van der Waals surface area contributed by atoms with Gasteiger partial charge in [-0.2, -0.15) is 0 Å². The minimum atomic E-state index is -2.06. The van der Waals surface area contributed by atoms with Crippen LogP contribution in [0.1, 0.15) is 6.92 Å². The van der Waals surface area contributed by atoms with Gasteiger partial charge in [0, 0.05) is 6.20 Å². The maximum Gasteiger partial charge on any atom is 0.421 e. The lowest BCUT2D eigenvalue weighted by Gasteiger charge is -2.17. The lowest BCUT2D eigenvalue weighted by molar-refractivity contribution is -0.157. The average Bonchev–Trinajstić information content (AvgIpc) is 2.55. The van der Waals surface area contributed by atoms with E-state index in [2.05, 4.69) is 4.98 Å². The predicted molar refractivity (Wildman–Crippen MR) is 56.5 cm³/mol. The third-order valence-electron chi connectivity index (χ3n) is 2.35. The Hall–Kier alpha value is -2.15. The van der Waals surface area contributed by atoms with E-state index in [-0.39, 0.29) is 11.2 Å². The monoisotopic (exact) mass is 238 g/mol. The van der Waals surface area contributed by atoms with Crippen LogP contribution in [0.15, 0.2) is 27.5 Å². The van der Waals surface area contributed by atoms with Gasteiger partial charge in [-0.05, 0) is 19.1 Å². The molecule has 0 fully saturated rings. The molecule has 0 aliphatic carbocycles. The summed E-state index contributed by atoms with van der Waals surface area (Å²) in [5, 5.41) is 18.4. The number of rotatable bonds is 3. The van der Waals surface area contributed by atoms with Crippen molar-refractivity contribution in [1.29, 1.82) is 0 Å². The molecule has 17 heavy (non-hydrogen) atoms. The zero-order valence-electron chi connectivity index (χ0n) is 8.95. The molecule has 2 aromatic rings. The number of aromatic nitrogens is 2. The molecule has 2 aromatic heterocycles. The van der Waals surface area contributed by atoms with E-state index >= 15 is 0 Å². The first-order valence-corrected chi connectivity index (χ1v) is 4.82. The Kier molecular flexibility index (Phi) is 2.47. The van der Waals surface area contributed by atoms with Crippen molar-refractivity contribution in [3.05, 3.63) is 28.9 Å². The van der Waals surface area contributed by atoms with Crippen LogP contribution in [0, 0.1) is 0 Å². The maximum atomic E-state index is 11.5. The quantitative estimate of drug-likeness (QED) is 0.768. The van der Waals surface area contributed by atoms with Crippen LogP contribution in [-0.2, 0) is 11.3 Å². The molecule has 1 atom stereocenters. The summed E-state index contributed by atoms with van der Waals surface area (Å²) in [6, 6.07) is 3.13. The minimum Gasteiger partial charge on any atom is -0.479 e. The lowest BCUT2D eigenvalue weighted by Crippen LogP contribution is -2.41. The Morgan fingerprint density at radius 3 is 3.00 bits per heavy atom. The highest BCUT2D eigenvalue weighted by Gasteiger charge is 2.32. The zero-order valence-corrected chi connectivity index (χ0v) is 8.95. The SMILES string of the molecule is CC(O)(Cn1c(=O)oc2cccnc21)C(=O)O. The van der Waals surface area contributed by atoms with Gasteiger partial charge in [-0.15, -0.1) is 0 Å². The van der Waals surface area contributed by atoms with Crippen LogP contribution in [0.4, 0.5) is 0 Å². The molecule has 0 amide bonds. The summed E-state index contributed by atoms with van der Waals surface area (Å²) in [6.07, 6.45) is 1.45. The van der Waals surface area contributed by atoms with Crippen LogP contribution in [0.3, 0.4) is 0 Å². The number of oxazole rings is 1. The third kappa shape index (κ3) is 1.92. The fourth-order valence-electron chi connectivity index (χ4n) is 1.42. The highest BCUT2D eigenvalue weighted by Crippen LogP contribution is 2.13. The summed E-state index contributed by atoms with van der Waals surface area (Å²) in [5.74, 6) is -2.17. The zero-order chi connectivity index (χ0) is 12.6. The number of nitrogens with zero attached hydrogens (tertiary/aromatic N) is 2. The topological polar surface area (TPSA) is 106 Å². The normalized spacial score (nSPS) is 14.7. The average molecular weight is 238 g/mol. The number of fused-ring (bicyclic) bond motifs is 1. The molecular formula is C10H10N2O5. The Labute approximate surface area is 94.9 Å². The molecule has 1 unspecified atom stereocenters. The molecule has 2 N–H and O–H groups in total. The van der Waals surface area contributed by atoms with Gasteiger partial charge in [-0.25, -0.2) is 14.6 Å². The summed E-state index contributed by atoms with van der Waals surface area (Å²) in [6.45, 7) is 0.675. The van der Waals surface area contributed by atoms with E-state index in [4.69, 9.17) is 9.52 Å². The molecule has 2 heterocycles. The smallest absolute Gasteiger partial charge is 0.421 e. The minimum absolute atomic E-state index is 0.207. The maximum absolute atomic E-state index is 11.5. The molecular weight excluding hydrogens is 228 g/mol. The van der Waals surface area contributed by atoms with Crippen molar-refractivity contribution < 1.29 is 19.4 Å². The van der Waals surface area contributed by atoms with E-state index in [9.17, 15) is 14.7 Å². The number of aliphatic hydroxyl groups is 1. The first kappa shape index (κ1) is 11.3. The van der Waals surface area contributed by atoms with Crippen LogP contribution in [0.25, 0.3) is 11.2 Å². The molecule has 0 saturated carbocycles. The molecule has 0 saturated heterocycles. The van der Waals surface area contributed by atoms with Crippen LogP contribution < -0.4 is 5.76 Å². The summed E-state index contributed by atoms with van der Waals surface area (Å²) >= 11 is 0. The molecule has 0 spiro atoms. The summed E-state index contributed by atoms with van der Waals surface area (Å²) < 4.78 is 5.86. The largest absolute Gasteiger partial charge is 0.479 e. The standard InChI is InChI=1S/C10H10N2O5/c1-10(16,8(13)14)5-12-7-6(17-9(12)15)3-2-4-11-7/h2-4,16H,5H2,1H3,(H,13,14). The highest BCUT2D eigenvalue weighted by atomic mass is 16.4. The molecule has 7 heteroatoms. The van der Waals surface area contributed by atoms with E-state index in [1.165, 1.54) is 12.3 Å². The summed E-state index contributed by atoms with van der Waals surface area (Å²) in [7, 11) is 0. The number of carboxylic acid groups (broad SMARTS) is 1. The number of hydrogen-bond donors (Lipinski definition) is 2. The number of carbonyl (C=O) groups is 1. The van der Waals surface area contributed by atoms with Crippen LogP contribution in [-0.4, -0.2) is 31.3 Å². The molecule has 2 rings (SSSR count). The summed E-state index contributed by atoms with van der Waals surface area (Å²) in [5.41, 5.74) is -1.60. The van der Waals surface area contributed by atoms with Crippen molar-refractivity contribution in [2.75, 3.05) is 0 Å². The first-order valence-electron chi connectivity index (χ1n) is 4.82. The highest BCUT2D eigenvalue weighted by molar-refractivity contribution is 5.76. The predicted octanol–water partition coefficient (Wildman–Crippen LogP) is -0.175. The second-order valence-electron chi connectivity index (χ2n) is 3.86. The van der Waals surface area contributed by atoms with Crippen molar-refractivity contribution >= 4 is 17.2 Å². The van der Waals surface area contributed by atoms with Gasteiger partial charge < -0.3 is 14.6 Å². The van der Waals surface area contributed by atoms with Gasteiger partial charge in [-0.1, -0.05) is 0 Å². The second-order valence-corrected chi connectivity index (χ2v) is 3.86. The molecule has 7 nitrogen and oxygen atoms in total. The lowest BCUT2D eigenvalue weighted by atomic mass is 10.1. The molecule has 0 radical (unpaired) electrons. The van der Waals surface area contributed by atoms with Crippen LogP contribution in [0.5, 0.6) is 0 Å². The molecule has 0 aliphatic rings. The van der Waals surface area contributed by atoms with Gasteiger partial charge in [-0.3, -0.25) is 4.57 Å². The number of aliphatic carboxylic acids is 1. The van der Waals surface area contributed by atoms with Gasteiger partial charge >= 0.3 is 11.7 Å². The number of carboxylic acids is 1. The molecule has 0 aromatic carbocycles. The third-order valence-corrected chi connectivity index (χ3v) is 2.35. The molecule has 0 aliphatic heterocycles. The van der Waals surface area contributed by atoms with E-state index in [0.29, 0.717) is 0 Å². The van der Waals surface area contributed by atoms with Crippen LogP contribution in [0.2, 0.25) is 0 Å². The van der Waals surface area contributed by atoms with Crippen molar-refractivity contribution in [1.82, 2.24) is 9.55 Å². The van der Waals surface area contributed by atoms with Crippen molar-refractivity contribution in [3.63, 3.8) is 0 Å². The fraction of sp³-hybridized carbons (Fsp3) is 0.300. The molecule has 0 bridgehead atoms. The van der Waals surface area contributed by atoms with Crippen LogP contribution >= 0.6 is 0 Å². The second kappa shape index (κ2) is 3.70. The Morgan fingerprint density at radius 1 is 1.65 bits per heavy atom. The van der Waals surface area contributed by atoms with E-state index in [0.717, 1.165) is 11.5 Å². The number of pyridine rings is 1.